The molecule has 1 atom stereocenters. The molecule has 1 amide bonds. The number of benzene rings is 1. The van der Waals surface area contributed by atoms with E-state index in [1.54, 1.807) is 0 Å². The van der Waals surface area contributed by atoms with Crippen molar-refractivity contribution in [3.05, 3.63) is 39.9 Å². The molecule has 1 aromatic rings. The molecule has 0 aromatic heterocycles. The summed E-state index contributed by atoms with van der Waals surface area (Å²) in [5.41, 5.74) is -0.639. The van der Waals surface area contributed by atoms with Gasteiger partial charge >= 0.3 is 5.97 Å². The van der Waals surface area contributed by atoms with Gasteiger partial charge < -0.3 is 10.4 Å². The molecule has 8 heteroatoms. The quantitative estimate of drug-likeness (QED) is 0.625. The van der Waals surface area contributed by atoms with Gasteiger partial charge in [0.05, 0.1) is 11.3 Å². The summed E-state index contributed by atoms with van der Waals surface area (Å²) in [6.07, 6.45) is 0.399. The SMILES string of the molecule is O=C(Cc1ccc([N+](=O)[O-])cc1)NC1(C(=O)O)CCSC1. The van der Waals surface area contributed by atoms with Crippen LogP contribution in [0.15, 0.2) is 24.3 Å². The predicted molar refractivity (Wildman–Crippen MR) is 77.3 cm³/mol. The van der Waals surface area contributed by atoms with Crippen LogP contribution >= 0.6 is 11.8 Å². The Balaban J connectivity index is 2.01. The number of amides is 1. The molecule has 7 nitrogen and oxygen atoms in total. The van der Waals surface area contributed by atoms with Crippen molar-refractivity contribution in [2.45, 2.75) is 18.4 Å². The number of aliphatic carboxylic acids is 1. The molecule has 112 valence electrons. The van der Waals surface area contributed by atoms with Crippen LogP contribution in [0.3, 0.4) is 0 Å². The molecule has 1 heterocycles. The molecular weight excluding hydrogens is 296 g/mol. The lowest BCUT2D eigenvalue weighted by atomic mass is 9.98. The number of carboxylic acid groups (broad SMARTS) is 1. The maximum atomic E-state index is 12.0. The lowest BCUT2D eigenvalue weighted by Gasteiger charge is -2.24. The summed E-state index contributed by atoms with van der Waals surface area (Å²) in [6, 6.07) is 5.63. The molecule has 0 spiro atoms. The molecule has 21 heavy (non-hydrogen) atoms. The van der Waals surface area contributed by atoms with E-state index in [4.69, 9.17) is 0 Å². The van der Waals surface area contributed by atoms with Gasteiger partial charge in [-0.3, -0.25) is 14.9 Å². The largest absolute Gasteiger partial charge is 0.479 e. The highest BCUT2D eigenvalue weighted by Gasteiger charge is 2.43. The van der Waals surface area contributed by atoms with Gasteiger partial charge in [-0.15, -0.1) is 0 Å². The van der Waals surface area contributed by atoms with Crippen molar-refractivity contribution in [1.82, 2.24) is 5.32 Å². The summed E-state index contributed by atoms with van der Waals surface area (Å²) in [6.45, 7) is 0. The molecular formula is C13H14N2O5S. The van der Waals surface area contributed by atoms with E-state index < -0.39 is 22.3 Å². The van der Waals surface area contributed by atoms with Gasteiger partial charge in [-0.1, -0.05) is 12.1 Å². The highest BCUT2D eigenvalue weighted by molar-refractivity contribution is 7.99. The number of hydrogen-bond acceptors (Lipinski definition) is 5. The van der Waals surface area contributed by atoms with Crippen molar-refractivity contribution in [3.63, 3.8) is 0 Å². The highest BCUT2D eigenvalue weighted by Crippen LogP contribution is 2.28. The first-order chi connectivity index (χ1) is 9.93. The molecule has 1 saturated heterocycles. The second-order valence-electron chi connectivity index (χ2n) is 4.84. The van der Waals surface area contributed by atoms with Crippen LogP contribution in [0.4, 0.5) is 5.69 Å². The molecule has 0 saturated carbocycles. The summed E-state index contributed by atoms with van der Waals surface area (Å²) in [4.78, 5) is 33.3. The topological polar surface area (TPSA) is 110 Å². The number of carboxylic acids is 1. The first-order valence-electron chi connectivity index (χ1n) is 6.28. The third-order valence-electron chi connectivity index (χ3n) is 3.32. The van der Waals surface area contributed by atoms with Gasteiger partial charge in [0.25, 0.3) is 5.69 Å². The Morgan fingerprint density at radius 2 is 2.05 bits per heavy atom. The van der Waals surface area contributed by atoms with Gasteiger partial charge in [0.1, 0.15) is 5.54 Å². The van der Waals surface area contributed by atoms with Gasteiger partial charge in [-0.25, -0.2) is 4.79 Å². The van der Waals surface area contributed by atoms with Crippen LogP contribution in [0.2, 0.25) is 0 Å². The van der Waals surface area contributed by atoms with Gasteiger partial charge in [-0.05, 0) is 17.7 Å². The van der Waals surface area contributed by atoms with E-state index in [1.165, 1.54) is 36.0 Å². The first-order valence-corrected chi connectivity index (χ1v) is 7.44. The van der Waals surface area contributed by atoms with E-state index >= 15 is 0 Å². The van der Waals surface area contributed by atoms with E-state index in [9.17, 15) is 24.8 Å². The van der Waals surface area contributed by atoms with Gasteiger partial charge in [0.15, 0.2) is 0 Å². The average molecular weight is 310 g/mol. The predicted octanol–water partition coefficient (Wildman–Crippen LogP) is 1.21. The summed E-state index contributed by atoms with van der Waals surface area (Å²) in [7, 11) is 0. The van der Waals surface area contributed by atoms with E-state index in [0.29, 0.717) is 23.5 Å². The number of non-ortho nitro benzene ring substituents is 1. The normalized spacial score (nSPS) is 21.0. The van der Waals surface area contributed by atoms with Crippen molar-refractivity contribution in [2.24, 2.45) is 0 Å². The van der Waals surface area contributed by atoms with Crippen molar-refractivity contribution < 1.29 is 19.6 Å². The lowest BCUT2D eigenvalue weighted by Crippen LogP contribution is -2.55. The Morgan fingerprint density at radius 1 is 1.38 bits per heavy atom. The molecule has 0 aliphatic carbocycles. The minimum atomic E-state index is -1.19. The molecule has 1 aliphatic heterocycles. The molecule has 1 unspecified atom stereocenters. The van der Waals surface area contributed by atoms with Crippen LogP contribution in [-0.2, 0) is 16.0 Å². The van der Waals surface area contributed by atoms with Crippen LogP contribution in [0.5, 0.6) is 0 Å². The smallest absolute Gasteiger partial charge is 0.330 e. The van der Waals surface area contributed by atoms with Crippen LogP contribution in [0.1, 0.15) is 12.0 Å². The van der Waals surface area contributed by atoms with Crippen molar-refractivity contribution in [1.29, 1.82) is 0 Å². The fraction of sp³-hybridized carbons (Fsp3) is 0.385. The number of nitrogens with one attached hydrogen (secondary N) is 1. The molecule has 2 N–H and O–H groups in total. The standard InChI is InChI=1S/C13H14N2O5S/c16-11(14-13(12(17)18)5-6-21-8-13)7-9-1-3-10(4-2-9)15(19)20/h1-4H,5-8H2,(H,14,16)(H,17,18). The monoisotopic (exact) mass is 310 g/mol. The number of hydrogen-bond donors (Lipinski definition) is 2. The minimum Gasteiger partial charge on any atom is -0.479 e. The molecule has 2 rings (SSSR count). The zero-order valence-corrected chi connectivity index (χ0v) is 11.9. The lowest BCUT2D eigenvalue weighted by molar-refractivity contribution is -0.384. The van der Waals surface area contributed by atoms with E-state index in [1.807, 2.05) is 0 Å². The van der Waals surface area contributed by atoms with Gasteiger partial charge in [0, 0.05) is 17.9 Å². The number of nitro benzene ring substituents is 1. The van der Waals surface area contributed by atoms with E-state index in [0.717, 1.165) is 0 Å². The van der Waals surface area contributed by atoms with E-state index in [2.05, 4.69) is 5.32 Å². The molecule has 1 aliphatic rings. The number of rotatable bonds is 5. The second-order valence-corrected chi connectivity index (χ2v) is 5.94. The van der Waals surface area contributed by atoms with Crippen molar-refractivity contribution in [3.8, 4) is 0 Å². The zero-order chi connectivity index (χ0) is 15.5. The van der Waals surface area contributed by atoms with Crippen molar-refractivity contribution >= 4 is 29.3 Å². The Morgan fingerprint density at radius 3 is 2.52 bits per heavy atom. The average Bonchev–Trinajstić information content (AvgIpc) is 2.89. The molecule has 0 bridgehead atoms. The van der Waals surface area contributed by atoms with E-state index in [-0.39, 0.29) is 12.1 Å². The fourth-order valence-electron chi connectivity index (χ4n) is 2.12. The maximum Gasteiger partial charge on any atom is 0.330 e. The third-order valence-corrected chi connectivity index (χ3v) is 4.51. The third kappa shape index (κ3) is 3.52. The zero-order valence-electron chi connectivity index (χ0n) is 11.1. The summed E-state index contributed by atoms with van der Waals surface area (Å²) in [5.74, 6) is -0.364. The van der Waals surface area contributed by atoms with Gasteiger partial charge in [-0.2, -0.15) is 11.8 Å². The van der Waals surface area contributed by atoms with Crippen LogP contribution in [0.25, 0.3) is 0 Å². The number of nitrogens with zero attached hydrogens (tertiary/aromatic N) is 1. The first kappa shape index (κ1) is 15.3. The maximum absolute atomic E-state index is 12.0. The summed E-state index contributed by atoms with van der Waals surface area (Å²) in [5, 5.41) is 22.4. The van der Waals surface area contributed by atoms with Gasteiger partial charge in [0.2, 0.25) is 5.91 Å². The summed E-state index contributed by atoms with van der Waals surface area (Å²) >= 11 is 1.49. The van der Waals surface area contributed by atoms with Crippen LogP contribution in [-0.4, -0.2) is 39.0 Å². The van der Waals surface area contributed by atoms with Crippen molar-refractivity contribution in [2.75, 3.05) is 11.5 Å². The minimum absolute atomic E-state index is 0.00229. The number of carbonyl (C=O) groups is 2. The Bertz CT molecular complexity index is 566. The molecule has 1 aromatic carbocycles. The molecule has 1 fully saturated rings. The molecule has 0 radical (unpaired) electrons. The van der Waals surface area contributed by atoms with Crippen LogP contribution < -0.4 is 5.32 Å². The summed E-state index contributed by atoms with van der Waals surface area (Å²) < 4.78 is 0. The number of thioether (sulfide) groups is 1. The second kappa shape index (κ2) is 6.13. The number of nitro groups is 1. The van der Waals surface area contributed by atoms with Crippen LogP contribution in [0, 0.1) is 10.1 Å². The fourth-order valence-corrected chi connectivity index (χ4v) is 3.44. The Labute approximate surface area is 124 Å². The number of carbonyl (C=O) groups excluding carboxylic acids is 1. The Kier molecular flexibility index (Phi) is 4.46. The highest BCUT2D eigenvalue weighted by atomic mass is 32.2. The Hall–Kier alpha value is -2.09.